The van der Waals surface area contributed by atoms with Gasteiger partial charge < -0.3 is 14.6 Å². The standard InChI is InChI=1S/C23H30N2O3/c1-4-20-21(26)10-9-19(24-20)8-6-5-7-12-25-13-11-17-14-22(27-2)23(28-3)15-18(17)16-25/h4,9-10,14-15,26H,1,5-8,11-13,16H2,2-3H3. The Balaban J connectivity index is 1.44. The van der Waals surface area contributed by atoms with Crippen LogP contribution in [-0.2, 0) is 19.4 Å². The van der Waals surface area contributed by atoms with E-state index in [0.717, 1.165) is 56.1 Å². The summed E-state index contributed by atoms with van der Waals surface area (Å²) in [4.78, 5) is 6.95. The van der Waals surface area contributed by atoms with E-state index in [1.165, 1.54) is 24.0 Å². The molecule has 1 aromatic carbocycles. The molecule has 0 radical (unpaired) electrons. The lowest BCUT2D eigenvalue weighted by molar-refractivity contribution is 0.247. The van der Waals surface area contributed by atoms with Crippen molar-refractivity contribution in [1.29, 1.82) is 0 Å². The van der Waals surface area contributed by atoms with E-state index in [9.17, 15) is 5.11 Å². The highest BCUT2D eigenvalue weighted by Gasteiger charge is 2.19. The van der Waals surface area contributed by atoms with E-state index in [2.05, 4.69) is 28.6 Å². The summed E-state index contributed by atoms with van der Waals surface area (Å²) in [6.07, 6.45) is 7.02. The fourth-order valence-electron chi connectivity index (χ4n) is 3.75. The van der Waals surface area contributed by atoms with Gasteiger partial charge >= 0.3 is 0 Å². The number of pyridine rings is 1. The Bertz CT molecular complexity index is 820. The molecule has 0 amide bonds. The highest BCUT2D eigenvalue weighted by atomic mass is 16.5. The smallest absolute Gasteiger partial charge is 0.161 e. The minimum atomic E-state index is 0.193. The number of hydrogen-bond donors (Lipinski definition) is 1. The molecule has 0 aliphatic carbocycles. The van der Waals surface area contributed by atoms with Crippen LogP contribution >= 0.6 is 0 Å². The number of fused-ring (bicyclic) bond motifs is 1. The Kier molecular flexibility index (Phi) is 6.93. The third-order valence-electron chi connectivity index (χ3n) is 5.36. The summed E-state index contributed by atoms with van der Waals surface area (Å²) in [6.45, 7) is 6.85. The van der Waals surface area contributed by atoms with Gasteiger partial charge in [-0.15, -0.1) is 0 Å². The van der Waals surface area contributed by atoms with E-state index < -0.39 is 0 Å². The Morgan fingerprint density at radius 2 is 1.86 bits per heavy atom. The van der Waals surface area contributed by atoms with Gasteiger partial charge in [-0.1, -0.05) is 13.0 Å². The van der Waals surface area contributed by atoms with Gasteiger partial charge in [-0.05, 0) is 73.7 Å². The molecule has 28 heavy (non-hydrogen) atoms. The number of aromatic hydroxyl groups is 1. The van der Waals surface area contributed by atoms with Crippen molar-refractivity contribution in [2.24, 2.45) is 0 Å². The molecule has 0 spiro atoms. The van der Waals surface area contributed by atoms with Crippen LogP contribution in [0.2, 0.25) is 0 Å². The predicted octanol–water partition coefficient (Wildman–Crippen LogP) is 4.22. The van der Waals surface area contributed by atoms with Gasteiger partial charge in [0.15, 0.2) is 11.5 Å². The van der Waals surface area contributed by atoms with E-state index in [0.29, 0.717) is 5.69 Å². The average Bonchev–Trinajstić information content (AvgIpc) is 2.73. The first-order valence-corrected chi connectivity index (χ1v) is 9.92. The maximum atomic E-state index is 9.67. The number of aromatic nitrogens is 1. The second-order valence-corrected chi connectivity index (χ2v) is 7.22. The first kappa shape index (κ1) is 20.2. The highest BCUT2D eigenvalue weighted by molar-refractivity contribution is 5.50. The fourth-order valence-corrected chi connectivity index (χ4v) is 3.75. The number of methoxy groups -OCH3 is 2. The molecule has 0 saturated heterocycles. The molecule has 3 rings (SSSR count). The van der Waals surface area contributed by atoms with Crippen molar-refractivity contribution in [2.75, 3.05) is 27.3 Å². The zero-order chi connectivity index (χ0) is 19.9. The Labute approximate surface area is 167 Å². The van der Waals surface area contributed by atoms with Crippen molar-refractivity contribution < 1.29 is 14.6 Å². The molecule has 0 atom stereocenters. The zero-order valence-corrected chi connectivity index (χ0v) is 16.9. The zero-order valence-electron chi connectivity index (χ0n) is 16.9. The van der Waals surface area contributed by atoms with Crippen molar-refractivity contribution in [3.05, 3.63) is 53.4 Å². The summed E-state index contributed by atoms with van der Waals surface area (Å²) < 4.78 is 10.9. The Hall–Kier alpha value is -2.53. The Morgan fingerprint density at radius 1 is 1.11 bits per heavy atom. The molecule has 0 bridgehead atoms. The molecule has 5 heteroatoms. The normalized spacial score (nSPS) is 13.8. The molecule has 0 unspecified atom stereocenters. The van der Waals surface area contributed by atoms with Gasteiger partial charge in [-0.3, -0.25) is 4.90 Å². The molecule has 1 aromatic heterocycles. The van der Waals surface area contributed by atoms with E-state index in [-0.39, 0.29) is 5.75 Å². The largest absolute Gasteiger partial charge is 0.506 e. The molecule has 5 nitrogen and oxygen atoms in total. The fraction of sp³-hybridized carbons (Fsp3) is 0.435. The van der Waals surface area contributed by atoms with Crippen LogP contribution in [0.15, 0.2) is 30.8 Å². The molecule has 0 saturated carbocycles. The lowest BCUT2D eigenvalue weighted by Crippen LogP contribution is -2.31. The average molecular weight is 383 g/mol. The van der Waals surface area contributed by atoms with Crippen molar-refractivity contribution in [3.8, 4) is 17.2 Å². The van der Waals surface area contributed by atoms with Gasteiger partial charge in [0.05, 0.1) is 14.2 Å². The van der Waals surface area contributed by atoms with Crippen LogP contribution < -0.4 is 9.47 Å². The van der Waals surface area contributed by atoms with Crippen molar-refractivity contribution >= 4 is 6.08 Å². The number of ether oxygens (including phenoxy) is 2. The predicted molar refractivity (Wildman–Crippen MR) is 112 cm³/mol. The van der Waals surface area contributed by atoms with Crippen LogP contribution in [0, 0.1) is 0 Å². The molecular weight excluding hydrogens is 352 g/mol. The molecule has 0 fully saturated rings. The quantitative estimate of drug-likeness (QED) is 0.658. The summed E-state index contributed by atoms with van der Waals surface area (Å²) in [5.41, 5.74) is 4.29. The van der Waals surface area contributed by atoms with Crippen LogP contribution in [0.1, 0.15) is 41.8 Å². The number of hydrogen-bond acceptors (Lipinski definition) is 5. The number of nitrogens with zero attached hydrogens (tertiary/aromatic N) is 2. The lowest BCUT2D eigenvalue weighted by Gasteiger charge is -2.29. The minimum Gasteiger partial charge on any atom is -0.506 e. The highest BCUT2D eigenvalue weighted by Crippen LogP contribution is 2.33. The number of unbranched alkanes of at least 4 members (excludes halogenated alkanes) is 2. The second kappa shape index (κ2) is 9.60. The van der Waals surface area contributed by atoms with Crippen molar-refractivity contribution in [3.63, 3.8) is 0 Å². The summed E-state index contributed by atoms with van der Waals surface area (Å²) >= 11 is 0. The van der Waals surface area contributed by atoms with Crippen LogP contribution in [-0.4, -0.2) is 42.3 Å². The van der Waals surface area contributed by atoms with E-state index >= 15 is 0 Å². The van der Waals surface area contributed by atoms with E-state index in [1.807, 2.05) is 6.07 Å². The summed E-state index contributed by atoms with van der Waals surface area (Å²) in [5.74, 6) is 1.82. The van der Waals surface area contributed by atoms with Crippen LogP contribution in [0.5, 0.6) is 17.2 Å². The topological polar surface area (TPSA) is 54.8 Å². The maximum absolute atomic E-state index is 9.67. The SMILES string of the molecule is C=Cc1nc(CCCCCN2CCc3cc(OC)c(OC)cc3C2)ccc1O. The second-order valence-electron chi connectivity index (χ2n) is 7.22. The van der Waals surface area contributed by atoms with Crippen LogP contribution in [0.25, 0.3) is 6.08 Å². The molecule has 1 aliphatic heterocycles. The third kappa shape index (κ3) is 4.84. The number of aryl methyl sites for hydroxylation is 1. The van der Waals surface area contributed by atoms with Crippen LogP contribution in [0.3, 0.4) is 0 Å². The molecule has 150 valence electrons. The van der Waals surface area contributed by atoms with Gasteiger partial charge in [0.2, 0.25) is 0 Å². The van der Waals surface area contributed by atoms with Crippen molar-refractivity contribution in [1.82, 2.24) is 9.88 Å². The monoisotopic (exact) mass is 382 g/mol. The van der Waals surface area contributed by atoms with Gasteiger partial charge in [-0.25, -0.2) is 4.98 Å². The van der Waals surface area contributed by atoms with Gasteiger partial charge in [0, 0.05) is 18.8 Å². The van der Waals surface area contributed by atoms with Crippen LogP contribution in [0.4, 0.5) is 0 Å². The maximum Gasteiger partial charge on any atom is 0.161 e. The first-order chi connectivity index (χ1) is 13.6. The Morgan fingerprint density at radius 3 is 2.57 bits per heavy atom. The molecule has 2 heterocycles. The van der Waals surface area contributed by atoms with Gasteiger partial charge in [0.25, 0.3) is 0 Å². The first-order valence-electron chi connectivity index (χ1n) is 9.92. The van der Waals surface area contributed by atoms with E-state index in [4.69, 9.17) is 9.47 Å². The lowest BCUT2D eigenvalue weighted by atomic mass is 9.98. The minimum absolute atomic E-state index is 0.193. The summed E-state index contributed by atoms with van der Waals surface area (Å²) in [5, 5.41) is 9.67. The third-order valence-corrected chi connectivity index (χ3v) is 5.36. The molecular formula is C23H30N2O3. The number of rotatable bonds is 9. The molecule has 1 aliphatic rings. The molecule has 2 aromatic rings. The van der Waals surface area contributed by atoms with Gasteiger partial charge in [0.1, 0.15) is 11.4 Å². The molecule has 1 N–H and O–H groups in total. The summed E-state index contributed by atoms with van der Waals surface area (Å²) in [7, 11) is 3.37. The van der Waals surface area contributed by atoms with E-state index in [1.54, 1.807) is 26.4 Å². The van der Waals surface area contributed by atoms with Crippen molar-refractivity contribution in [2.45, 2.75) is 38.6 Å². The summed E-state index contributed by atoms with van der Waals surface area (Å²) in [6, 6.07) is 7.83. The number of benzene rings is 1. The van der Waals surface area contributed by atoms with Gasteiger partial charge in [-0.2, -0.15) is 0 Å².